The minimum atomic E-state index is -0.615. The van der Waals surface area contributed by atoms with Crippen LogP contribution in [0.15, 0.2) is 47.6 Å². The molecular formula is C22H22N4O3. The van der Waals surface area contributed by atoms with Crippen LogP contribution < -0.4 is 5.32 Å². The first-order valence-corrected chi connectivity index (χ1v) is 9.21. The van der Waals surface area contributed by atoms with E-state index in [1.54, 1.807) is 25.2 Å². The number of nitriles is 1. The summed E-state index contributed by atoms with van der Waals surface area (Å²) in [6.45, 7) is 2.15. The standard InChI is InChI=1S/C22H22N4O3/c1-14-17(12-23)5-4-6-19(14)15-7-9-16(10-8-15)22(28)26-13-18(25-29-3)11-20(26)21(27)24-2/h4-10,20H,11,13H2,1-3H3,(H,24,27)/b25-18-. The second kappa shape index (κ2) is 8.57. The molecule has 0 aliphatic carbocycles. The van der Waals surface area contributed by atoms with Crippen molar-refractivity contribution < 1.29 is 14.4 Å². The molecule has 1 unspecified atom stereocenters. The highest BCUT2D eigenvalue weighted by Gasteiger charge is 2.38. The van der Waals surface area contributed by atoms with Gasteiger partial charge in [0.1, 0.15) is 13.2 Å². The molecule has 1 aliphatic heterocycles. The summed E-state index contributed by atoms with van der Waals surface area (Å²) in [5, 5.41) is 15.7. The lowest BCUT2D eigenvalue weighted by molar-refractivity contribution is -0.124. The maximum atomic E-state index is 13.0. The summed E-state index contributed by atoms with van der Waals surface area (Å²) in [6, 6.07) is 14.3. The molecule has 0 aromatic heterocycles. The first kappa shape index (κ1) is 20.1. The van der Waals surface area contributed by atoms with Crippen molar-refractivity contribution in [3.63, 3.8) is 0 Å². The van der Waals surface area contributed by atoms with Crippen LogP contribution in [0.25, 0.3) is 11.1 Å². The summed E-state index contributed by atoms with van der Waals surface area (Å²) < 4.78 is 0. The molecule has 2 aromatic rings. The Morgan fingerprint density at radius 2 is 1.97 bits per heavy atom. The molecule has 1 fully saturated rings. The molecule has 148 valence electrons. The Labute approximate surface area is 169 Å². The van der Waals surface area contributed by atoms with Crippen LogP contribution in [0, 0.1) is 18.3 Å². The molecule has 3 rings (SSSR count). The Morgan fingerprint density at radius 1 is 1.24 bits per heavy atom. The Kier molecular flexibility index (Phi) is 5.93. The van der Waals surface area contributed by atoms with E-state index in [0.29, 0.717) is 23.3 Å². The number of hydrogen-bond donors (Lipinski definition) is 1. The van der Waals surface area contributed by atoms with Crippen LogP contribution >= 0.6 is 0 Å². The van der Waals surface area contributed by atoms with Crippen molar-refractivity contribution in [2.45, 2.75) is 19.4 Å². The van der Waals surface area contributed by atoms with E-state index in [4.69, 9.17) is 4.84 Å². The lowest BCUT2D eigenvalue weighted by atomic mass is 9.96. The van der Waals surface area contributed by atoms with Crippen molar-refractivity contribution in [3.8, 4) is 17.2 Å². The van der Waals surface area contributed by atoms with Gasteiger partial charge in [0.15, 0.2) is 0 Å². The number of carbonyl (C=O) groups is 2. The SMILES string of the molecule is CNC(=O)C1C/C(=N/OC)CN1C(=O)c1ccc(-c2cccc(C#N)c2C)cc1. The van der Waals surface area contributed by atoms with E-state index >= 15 is 0 Å². The second-order valence-electron chi connectivity index (χ2n) is 6.77. The van der Waals surface area contributed by atoms with Crippen molar-refractivity contribution in [1.29, 1.82) is 5.26 Å². The highest BCUT2D eigenvalue weighted by molar-refractivity contribution is 6.05. The number of likely N-dealkylation sites (N-methyl/N-ethyl adjacent to an activating group) is 1. The molecular weight excluding hydrogens is 368 g/mol. The molecule has 7 nitrogen and oxygen atoms in total. The van der Waals surface area contributed by atoms with Crippen molar-refractivity contribution >= 4 is 17.5 Å². The number of carbonyl (C=O) groups excluding carboxylic acids is 2. The molecule has 1 atom stereocenters. The maximum Gasteiger partial charge on any atom is 0.254 e. The van der Waals surface area contributed by atoms with Crippen molar-refractivity contribution in [2.75, 3.05) is 20.7 Å². The Balaban J connectivity index is 1.88. The third kappa shape index (κ3) is 3.97. The molecule has 0 bridgehead atoms. The molecule has 2 aromatic carbocycles. The molecule has 1 heterocycles. The van der Waals surface area contributed by atoms with Gasteiger partial charge in [0.25, 0.3) is 5.91 Å². The second-order valence-corrected chi connectivity index (χ2v) is 6.77. The number of amides is 2. The van der Waals surface area contributed by atoms with Crippen LogP contribution in [0.2, 0.25) is 0 Å². The van der Waals surface area contributed by atoms with Crippen LogP contribution in [0.4, 0.5) is 0 Å². The molecule has 1 N–H and O–H groups in total. The summed E-state index contributed by atoms with van der Waals surface area (Å²) in [6.07, 6.45) is 0.345. The van der Waals surface area contributed by atoms with Crippen LogP contribution in [0.3, 0.4) is 0 Å². The molecule has 0 saturated carbocycles. The van der Waals surface area contributed by atoms with Gasteiger partial charge in [-0.2, -0.15) is 5.26 Å². The number of nitrogens with zero attached hydrogens (tertiary/aromatic N) is 3. The van der Waals surface area contributed by atoms with E-state index in [2.05, 4.69) is 16.5 Å². The molecule has 0 radical (unpaired) electrons. The third-order valence-electron chi connectivity index (χ3n) is 5.09. The first-order chi connectivity index (χ1) is 14.0. The summed E-state index contributed by atoms with van der Waals surface area (Å²) in [7, 11) is 2.98. The number of oxime groups is 1. The van der Waals surface area contributed by atoms with Gasteiger partial charge < -0.3 is 15.1 Å². The van der Waals surface area contributed by atoms with Gasteiger partial charge in [-0.15, -0.1) is 0 Å². The lowest BCUT2D eigenvalue weighted by Gasteiger charge is -2.22. The number of hydrogen-bond acceptors (Lipinski definition) is 5. The highest BCUT2D eigenvalue weighted by atomic mass is 16.6. The monoisotopic (exact) mass is 390 g/mol. The first-order valence-electron chi connectivity index (χ1n) is 9.21. The quantitative estimate of drug-likeness (QED) is 0.812. The Hall–Kier alpha value is -3.66. The van der Waals surface area contributed by atoms with E-state index < -0.39 is 6.04 Å². The molecule has 29 heavy (non-hydrogen) atoms. The summed E-state index contributed by atoms with van der Waals surface area (Å²) >= 11 is 0. The molecule has 1 saturated heterocycles. The number of rotatable bonds is 4. The smallest absolute Gasteiger partial charge is 0.254 e. The molecule has 7 heteroatoms. The Morgan fingerprint density at radius 3 is 2.59 bits per heavy atom. The molecule has 2 amide bonds. The minimum absolute atomic E-state index is 0.236. The topological polar surface area (TPSA) is 94.8 Å². The summed E-state index contributed by atoms with van der Waals surface area (Å²) in [5.74, 6) is -0.478. The molecule has 1 aliphatic rings. The average molecular weight is 390 g/mol. The van der Waals surface area contributed by atoms with Gasteiger partial charge in [0.05, 0.1) is 23.9 Å². The van der Waals surface area contributed by atoms with Crippen LogP contribution in [-0.4, -0.2) is 49.2 Å². The highest BCUT2D eigenvalue weighted by Crippen LogP contribution is 2.27. The maximum absolute atomic E-state index is 13.0. The zero-order chi connectivity index (χ0) is 21.0. The summed E-state index contributed by atoms with van der Waals surface area (Å²) in [5.41, 5.74) is 4.52. The number of nitrogens with one attached hydrogen (secondary N) is 1. The molecule has 0 spiro atoms. The van der Waals surface area contributed by atoms with E-state index in [-0.39, 0.29) is 18.4 Å². The van der Waals surface area contributed by atoms with Crippen molar-refractivity contribution in [3.05, 3.63) is 59.2 Å². The Bertz CT molecular complexity index is 1010. The largest absolute Gasteiger partial charge is 0.399 e. The van der Waals surface area contributed by atoms with E-state index in [1.807, 2.05) is 31.2 Å². The van der Waals surface area contributed by atoms with Gasteiger partial charge >= 0.3 is 0 Å². The van der Waals surface area contributed by atoms with E-state index in [0.717, 1.165) is 16.7 Å². The fourth-order valence-corrected chi connectivity index (χ4v) is 3.54. The number of benzene rings is 2. The zero-order valence-electron chi connectivity index (χ0n) is 16.6. The van der Waals surface area contributed by atoms with Gasteiger partial charge in [-0.3, -0.25) is 9.59 Å². The normalized spacial score (nSPS) is 17.1. The lowest BCUT2D eigenvalue weighted by Crippen LogP contribution is -2.44. The van der Waals surface area contributed by atoms with Gasteiger partial charge in [-0.1, -0.05) is 29.4 Å². The fourth-order valence-electron chi connectivity index (χ4n) is 3.54. The van der Waals surface area contributed by atoms with Gasteiger partial charge in [-0.05, 0) is 41.8 Å². The van der Waals surface area contributed by atoms with Gasteiger partial charge in [-0.25, -0.2) is 0 Å². The van der Waals surface area contributed by atoms with Crippen LogP contribution in [0.1, 0.15) is 27.9 Å². The van der Waals surface area contributed by atoms with Gasteiger partial charge in [0.2, 0.25) is 5.91 Å². The van der Waals surface area contributed by atoms with Crippen molar-refractivity contribution in [2.24, 2.45) is 5.16 Å². The van der Waals surface area contributed by atoms with E-state index in [1.165, 1.54) is 12.0 Å². The number of likely N-dealkylation sites (tertiary alicyclic amines) is 1. The third-order valence-corrected chi connectivity index (χ3v) is 5.09. The van der Waals surface area contributed by atoms with Crippen molar-refractivity contribution in [1.82, 2.24) is 10.2 Å². The van der Waals surface area contributed by atoms with Crippen LogP contribution in [-0.2, 0) is 9.63 Å². The zero-order valence-corrected chi connectivity index (χ0v) is 16.6. The summed E-state index contributed by atoms with van der Waals surface area (Å²) in [4.78, 5) is 31.6. The predicted molar refractivity (Wildman–Crippen MR) is 109 cm³/mol. The minimum Gasteiger partial charge on any atom is -0.399 e. The fraction of sp³-hybridized carbons (Fsp3) is 0.273. The van der Waals surface area contributed by atoms with Gasteiger partial charge in [0, 0.05) is 19.0 Å². The van der Waals surface area contributed by atoms with E-state index in [9.17, 15) is 14.9 Å². The average Bonchev–Trinajstić information content (AvgIpc) is 3.17. The predicted octanol–water partition coefficient (Wildman–Crippen LogP) is 2.50. The van der Waals surface area contributed by atoms with Crippen LogP contribution in [0.5, 0.6) is 0 Å².